The van der Waals surface area contributed by atoms with Crippen LogP contribution >= 0.6 is 0 Å². The van der Waals surface area contributed by atoms with E-state index in [1.54, 1.807) is 0 Å². The Morgan fingerprint density at radius 2 is 1.88 bits per heavy atom. The van der Waals surface area contributed by atoms with Gasteiger partial charge in [0.05, 0.1) is 6.26 Å². The normalized spacial score (nSPS) is 11.2. The molecule has 0 aromatic carbocycles. The highest BCUT2D eigenvalue weighted by molar-refractivity contribution is 5.13. The van der Waals surface area contributed by atoms with Crippen LogP contribution in [0.5, 0.6) is 0 Å². The van der Waals surface area contributed by atoms with Crippen molar-refractivity contribution in [2.45, 2.75) is 65.7 Å². The first-order valence-electron chi connectivity index (χ1n) is 6.78. The van der Waals surface area contributed by atoms with E-state index in [0.29, 0.717) is 5.92 Å². The summed E-state index contributed by atoms with van der Waals surface area (Å²) in [5.74, 6) is 1.84. The predicted molar refractivity (Wildman–Crippen MR) is 69.7 cm³/mol. The minimum atomic E-state index is 0.684. The highest BCUT2D eigenvalue weighted by Gasteiger charge is 2.03. The zero-order chi connectivity index (χ0) is 11.8. The molecule has 0 unspecified atom stereocenters. The van der Waals surface area contributed by atoms with Gasteiger partial charge in [-0.3, -0.25) is 0 Å². The highest BCUT2D eigenvalue weighted by Crippen LogP contribution is 2.15. The molecule has 0 radical (unpaired) electrons. The Hall–Kier alpha value is -0.720. The van der Waals surface area contributed by atoms with E-state index in [9.17, 15) is 0 Å². The number of rotatable bonds is 8. The molecule has 1 rings (SSSR count). The van der Waals surface area contributed by atoms with Gasteiger partial charge in [0.1, 0.15) is 5.76 Å². The molecule has 0 amide bonds. The smallest absolute Gasteiger partial charge is 0.104 e. The van der Waals surface area contributed by atoms with E-state index in [1.807, 2.05) is 6.26 Å². The molecule has 0 spiro atoms. The van der Waals surface area contributed by atoms with E-state index in [2.05, 4.69) is 26.8 Å². The Bertz CT molecular complexity index is 273. The van der Waals surface area contributed by atoms with Gasteiger partial charge in [0.25, 0.3) is 0 Å². The number of furan rings is 1. The average Bonchev–Trinajstić information content (AvgIpc) is 2.64. The molecule has 1 heteroatoms. The molecule has 1 nitrogen and oxygen atoms in total. The van der Waals surface area contributed by atoms with Crippen LogP contribution in [0.2, 0.25) is 0 Å². The molecule has 92 valence electrons. The fourth-order valence-electron chi connectivity index (χ4n) is 2.00. The van der Waals surface area contributed by atoms with Crippen LogP contribution in [-0.2, 0) is 12.8 Å². The van der Waals surface area contributed by atoms with Crippen molar-refractivity contribution in [1.29, 1.82) is 0 Å². The van der Waals surface area contributed by atoms with Gasteiger partial charge in [0.2, 0.25) is 0 Å². The molecule has 0 atom stereocenters. The second kappa shape index (κ2) is 7.54. The van der Waals surface area contributed by atoms with Gasteiger partial charge in [-0.25, -0.2) is 0 Å². The van der Waals surface area contributed by atoms with Crippen LogP contribution in [0.3, 0.4) is 0 Å². The Kier molecular flexibility index (Phi) is 6.29. The second-order valence-corrected chi connectivity index (χ2v) is 5.18. The van der Waals surface area contributed by atoms with Crippen molar-refractivity contribution in [3.8, 4) is 0 Å². The molecule has 0 aliphatic heterocycles. The van der Waals surface area contributed by atoms with Gasteiger partial charge in [-0.15, -0.1) is 0 Å². The predicted octanol–water partition coefficient (Wildman–Crippen LogP) is 4.99. The molecule has 0 saturated carbocycles. The summed E-state index contributed by atoms with van der Waals surface area (Å²) < 4.78 is 5.55. The molecular formula is C15H26O. The molecule has 0 aliphatic carbocycles. The van der Waals surface area contributed by atoms with E-state index in [4.69, 9.17) is 4.42 Å². The van der Waals surface area contributed by atoms with Crippen LogP contribution in [0.25, 0.3) is 0 Å². The second-order valence-electron chi connectivity index (χ2n) is 5.18. The molecule has 0 N–H and O–H groups in total. The van der Waals surface area contributed by atoms with Crippen molar-refractivity contribution in [1.82, 2.24) is 0 Å². The summed E-state index contributed by atoms with van der Waals surface area (Å²) in [7, 11) is 0. The van der Waals surface area contributed by atoms with Crippen molar-refractivity contribution in [3.05, 3.63) is 23.7 Å². The van der Waals surface area contributed by atoms with Crippen molar-refractivity contribution in [2.24, 2.45) is 5.92 Å². The van der Waals surface area contributed by atoms with Crippen LogP contribution in [-0.4, -0.2) is 0 Å². The fourth-order valence-corrected chi connectivity index (χ4v) is 2.00. The summed E-state index contributed by atoms with van der Waals surface area (Å²) in [6.07, 6.45) is 10.9. The molecule has 0 saturated heterocycles. The molecule has 1 heterocycles. The minimum absolute atomic E-state index is 0.684. The van der Waals surface area contributed by atoms with Gasteiger partial charge >= 0.3 is 0 Å². The first-order chi connectivity index (χ1) is 7.72. The van der Waals surface area contributed by atoms with E-state index in [0.717, 1.165) is 12.2 Å². The van der Waals surface area contributed by atoms with Gasteiger partial charge in [0.15, 0.2) is 0 Å². The lowest BCUT2D eigenvalue weighted by Crippen LogP contribution is -1.91. The van der Waals surface area contributed by atoms with Crippen LogP contribution in [0.4, 0.5) is 0 Å². The van der Waals surface area contributed by atoms with E-state index < -0.39 is 0 Å². The topological polar surface area (TPSA) is 13.1 Å². The fraction of sp³-hybridized carbons (Fsp3) is 0.733. The molecule has 0 fully saturated rings. The SMILES string of the molecule is CCCCCCCc1coc(CC(C)C)c1. The summed E-state index contributed by atoms with van der Waals surface area (Å²) >= 11 is 0. The lowest BCUT2D eigenvalue weighted by atomic mass is 10.1. The zero-order valence-electron chi connectivity index (χ0n) is 11.1. The Morgan fingerprint density at radius 1 is 1.12 bits per heavy atom. The zero-order valence-corrected chi connectivity index (χ0v) is 11.1. The van der Waals surface area contributed by atoms with Crippen molar-refractivity contribution in [3.63, 3.8) is 0 Å². The molecule has 1 aromatic rings. The Morgan fingerprint density at radius 3 is 2.56 bits per heavy atom. The number of unbranched alkanes of at least 4 members (excludes halogenated alkanes) is 4. The van der Waals surface area contributed by atoms with Crippen molar-refractivity contribution < 1.29 is 4.42 Å². The third kappa shape index (κ3) is 5.39. The lowest BCUT2D eigenvalue weighted by Gasteiger charge is -1.99. The van der Waals surface area contributed by atoms with E-state index in [1.165, 1.54) is 44.1 Å². The number of hydrogen-bond acceptors (Lipinski definition) is 1. The number of hydrogen-bond donors (Lipinski definition) is 0. The van der Waals surface area contributed by atoms with Gasteiger partial charge in [-0.2, -0.15) is 0 Å². The molecular weight excluding hydrogens is 196 g/mol. The summed E-state index contributed by atoms with van der Waals surface area (Å²) in [5.41, 5.74) is 1.38. The summed E-state index contributed by atoms with van der Waals surface area (Å²) in [5, 5.41) is 0. The van der Waals surface area contributed by atoms with E-state index in [-0.39, 0.29) is 0 Å². The van der Waals surface area contributed by atoms with Crippen LogP contribution in [0.1, 0.15) is 64.2 Å². The lowest BCUT2D eigenvalue weighted by molar-refractivity contribution is 0.471. The quantitative estimate of drug-likeness (QED) is 0.565. The standard InChI is InChI=1S/C15H26O/c1-4-5-6-7-8-9-14-11-15(16-12-14)10-13(2)3/h11-13H,4-10H2,1-3H3. The molecule has 0 bridgehead atoms. The van der Waals surface area contributed by atoms with Crippen LogP contribution < -0.4 is 0 Å². The summed E-state index contributed by atoms with van der Waals surface area (Å²) in [6, 6.07) is 2.24. The van der Waals surface area contributed by atoms with Crippen molar-refractivity contribution >= 4 is 0 Å². The monoisotopic (exact) mass is 222 g/mol. The first-order valence-corrected chi connectivity index (χ1v) is 6.78. The maximum atomic E-state index is 5.55. The third-order valence-electron chi connectivity index (χ3n) is 2.89. The highest BCUT2D eigenvalue weighted by atomic mass is 16.3. The summed E-state index contributed by atoms with van der Waals surface area (Å²) in [6.45, 7) is 6.72. The maximum absolute atomic E-state index is 5.55. The van der Waals surface area contributed by atoms with Gasteiger partial charge in [-0.05, 0) is 30.4 Å². The van der Waals surface area contributed by atoms with Gasteiger partial charge in [0, 0.05) is 6.42 Å². The first kappa shape index (κ1) is 13.3. The molecule has 0 aliphatic rings. The summed E-state index contributed by atoms with van der Waals surface area (Å²) in [4.78, 5) is 0. The Balaban J connectivity index is 2.19. The minimum Gasteiger partial charge on any atom is -0.469 e. The maximum Gasteiger partial charge on any atom is 0.104 e. The van der Waals surface area contributed by atoms with E-state index >= 15 is 0 Å². The third-order valence-corrected chi connectivity index (χ3v) is 2.89. The van der Waals surface area contributed by atoms with Gasteiger partial charge in [-0.1, -0.05) is 46.5 Å². The van der Waals surface area contributed by atoms with Crippen molar-refractivity contribution in [2.75, 3.05) is 0 Å². The molecule has 16 heavy (non-hydrogen) atoms. The average molecular weight is 222 g/mol. The van der Waals surface area contributed by atoms with Gasteiger partial charge < -0.3 is 4.42 Å². The van der Waals surface area contributed by atoms with Crippen LogP contribution in [0, 0.1) is 5.92 Å². The largest absolute Gasteiger partial charge is 0.469 e. The molecule has 1 aromatic heterocycles. The van der Waals surface area contributed by atoms with Crippen LogP contribution in [0.15, 0.2) is 16.7 Å². The Labute approximate surface area is 100 Å². The number of aryl methyl sites for hydroxylation is 1.